The molecule has 2 rings (SSSR count). The second-order valence-corrected chi connectivity index (χ2v) is 7.14. The predicted molar refractivity (Wildman–Crippen MR) is 85.1 cm³/mol. The number of nitrogens with two attached hydrogens (primary N) is 1. The number of sulfonamides is 1. The average Bonchev–Trinajstić information content (AvgIpc) is 2.98. The summed E-state index contributed by atoms with van der Waals surface area (Å²) in [4.78, 5) is 12.0. The molecule has 1 aromatic rings. The summed E-state index contributed by atoms with van der Waals surface area (Å²) in [6.07, 6.45) is 0.905. The van der Waals surface area contributed by atoms with Gasteiger partial charge in [-0.05, 0) is 44.0 Å². The van der Waals surface area contributed by atoms with Crippen LogP contribution in [0, 0.1) is 0 Å². The molecule has 2 atom stereocenters. The van der Waals surface area contributed by atoms with E-state index in [2.05, 4.69) is 10.0 Å². The van der Waals surface area contributed by atoms with Crippen LogP contribution in [0.5, 0.6) is 0 Å². The van der Waals surface area contributed by atoms with Crippen molar-refractivity contribution in [3.8, 4) is 0 Å². The van der Waals surface area contributed by atoms with Gasteiger partial charge in [-0.2, -0.15) is 0 Å². The smallest absolute Gasteiger partial charge is 0.253 e. The SMILES string of the molecule is CCS(=O)(=O)Nc1ccc(NC(=O)[C@@H]2CC[C@H](CN)O2)cc1. The van der Waals surface area contributed by atoms with Crippen molar-refractivity contribution in [2.75, 3.05) is 22.3 Å². The number of nitrogens with one attached hydrogen (secondary N) is 2. The summed E-state index contributed by atoms with van der Waals surface area (Å²) in [5, 5.41) is 2.75. The molecule has 1 heterocycles. The number of rotatable bonds is 6. The van der Waals surface area contributed by atoms with Crippen molar-refractivity contribution >= 4 is 27.3 Å². The maximum absolute atomic E-state index is 12.0. The second-order valence-electron chi connectivity index (χ2n) is 5.13. The lowest BCUT2D eigenvalue weighted by Crippen LogP contribution is -2.29. The van der Waals surface area contributed by atoms with Crippen LogP contribution in [0.15, 0.2) is 24.3 Å². The van der Waals surface area contributed by atoms with Crippen molar-refractivity contribution in [2.24, 2.45) is 5.73 Å². The maximum atomic E-state index is 12.0. The van der Waals surface area contributed by atoms with E-state index in [9.17, 15) is 13.2 Å². The van der Waals surface area contributed by atoms with Gasteiger partial charge in [0.05, 0.1) is 11.9 Å². The number of anilines is 2. The van der Waals surface area contributed by atoms with Crippen molar-refractivity contribution in [2.45, 2.75) is 32.0 Å². The third-order valence-electron chi connectivity index (χ3n) is 3.47. The van der Waals surface area contributed by atoms with E-state index >= 15 is 0 Å². The Morgan fingerprint density at radius 2 is 1.91 bits per heavy atom. The summed E-state index contributed by atoms with van der Waals surface area (Å²) in [6.45, 7) is 1.98. The first-order valence-electron chi connectivity index (χ1n) is 7.20. The minimum Gasteiger partial charge on any atom is -0.364 e. The molecule has 8 heteroatoms. The van der Waals surface area contributed by atoms with Crippen LogP contribution in [0.4, 0.5) is 11.4 Å². The molecule has 1 fully saturated rings. The zero-order valence-corrected chi connectivity index (χ0v) is 13.2. The molecule has 1 amide bonds. The Morgan fingerprint density at radius 3 is 2.45 bits per heavy atom. The van der Waals surface area contributed by atoms with Crippen LogP contribution in [0.25, 0.3) is 0 Å². The van der Waals surface area contributed by atoms with Crippen molar-refractivity contribution in [1.29, 1.82) is 0 Å². The number of hydrogen-bond acceptors (Lipinski definition) is 5. The monoisotopic (exact) mass is 327 g/mol. The topological polar surface area (TPSA) is 111 Å². The minimum absolute atomic E-state index is 0.00676. The van der Waals surface area contributed by atoms with Gasteiger partial charge in [-0.1, -0.05) is 0 Å². The highest BCUT2D eigenvalue weighted by atomic mass is 32.2. The Hall–Kier alpha value is -1.64. The summed E-state index contributed by atoms with van der Waals surface area (Å²) in [7, 11) is -3.30. The van der Waals surface area contributed by atoms with Gasteiger partial charge < -0.3 is 15.8 Å². The van der Waals surface area contributed by atoms with Crippen molar-refractivity contribution in [3.05, 3.63) is 24.3 Å². The fraction of sp³-hybridized carbons (Fsp3) is 0.500. The molecule has 0 unspecified atom stereocenters. The van der Waals surface area contributed by atoms with Crippen LogP contribution in [-0.4, -0.2) is 38.8 Å². The molecule has 0 radical (unpaired) electrons. The molecule has 22 heavy (non-hydrogen) atoms. The highest BCUT2D eigenvalue weighted by molar-refractivity contribution is 7.92. The summed E-state index contributed by atoms with van der Waals surface area (Å²) >= 11 is 0. The van der Waals surface area contributed by atoms with E-state index in [0.717, 1.165) is 6.42 Å². The zero-order valence-electron chi connectivity index (χ0n) is 12.4. The molecule has 1 aliphatic heterocycles. The number of carbonyl (C=O) groups excluding carboxylic acids is 1. The number of carbonyl (C=O) groups is 1. The first-order valence-corrected chi connectivity index (χ1v) is 8.85. The van der Waals surface area contributed by atoms with Gasteiger partial charge in [0.1, 0.15) is 6.10 Å². The van der Waals surface area contributed by atoms with Crippen LogP contribution in [0.3, 0.4) is 0 Å². The first-order chi connectivity index (χ1) is 10.4. The Bertz CT molecular complexity index is 615. The van der Waals surface area contributed by atoms with Crippen molar-refractivity contribution in [3.63, 3.8) is 0 Å². The van der Waals surface area contributed by atoms with Gasteiger partial charge in [-0.15, -0.1) is 0 Å². The molecular weight excluding hydrogens is 306 g/mol. The van der Waals surface area contributed by atoms with E-state index in [4.69, 9.17) is 10.5 Å². The lowest BCUT2D eigenvalue weighted by Gasteiger charge is -2.13. The Labute approximate surface area is 130 Å². The lowest BCUT2D eigenvalue weighted by molar-refractivity contribution is -0.126. The molecule has 0 bridgehead atoms. The van der Waals surface area contributed by atoms with E-state index in [1.165, 1.54) is 0 Å². The van der Waals surface area contributed by atoms with E-state index in [1.807, 2.05) is 0 Å². The fourth-order valence-corrected chi connectivity index (χ4v) is 2.81. The van der Waals surface area contributed by atoms with Crippen LogP contribution < -0.4 is 15.8 Å². The Morgan fingerprint density at radius 1 is 1.27 bits per heavy atom. The second kappa shape index (κ2) is 7.08. The van der Waals surface area contributed by atoms with Gasteiger partial charge in [0.15, 0.2) is 0 Å². The van der Waals surface area contributed by atoms with Crippen molar-refractivity contribution < 1.29 is 17.9 Å². The van der Waals surface area contributed by atoms with E-state index in [0.29, 0.717) is 24.3 Å². The predicted octanol–water partition coefficient (Wildman–Crippen LogP) is 0.893. The van der Waals surface area contributed by atoms with Crippen LogP contribution in [-0.2, 0) is 19.6 Å². The van der Waals surface area contributed by atoms with Crippen LogP contribution in [0.2, 0.25) is 0 Å². The minimum atomic E-state index is -3.30. The van der Waals surface area contributed by atoms with E-state index in [-0.39, 0.29) is 17.8 Å². The third-order valence-corrected chi connectivity index (χ3v) is 4.78. The van der Waals surface area contributed by atoms with E-state index in [1.54, 1.807) is 31.2 Å². The molecule has 1 saturated heterocycles. The lowest BCUT2D eigenvalue weighted by atomic mass is 10.2. The molecule has 0 aromatic heterocycles. The normalized spacial score (nSPS) is 21.5. The number of amides is 1. The average molecular weight is 327 g/mol. The first kappa shape index (κ1) is 16.7. The fourth-order valence-electron chi connectivity index (χ4n) is 2.17. The van der Waals surface area contributed by atoms with Crippen molar-refractivity contribution in [1.82, 2.24) is 0 Å². The summed E-state index contributed by atoms with van der Waals surface area (Å²) in [5.74, 6) is -0.204. The molecule has 4 N–H and O–H groups in total. The molecule has 122 valence electrons. The molecule has 1 aliphatic rings. The number of hydrogen-bond donors (Lipinski definition) is 3. The number of ether oxygens (including phenoxy) is 1. The van der Waals surface area contributed by atoms with E-state index < -0.39 is 16.1 Å². The molecular formula is C14H21N3O4S. The third kappa shape index (κ3) is 4.43. The molecule has 7 nitrogen and oxygen atoms in total. The molecule has 0 aliphatic carbocycles. The molecule has 1 aromatic carbocycles. The van der Waals surface area contributed by atoms with Gasteiger partial charge in [0, 0.05) is 17.9 Å². The highest BCUT2D eigenvalue weighted by Gasteiger charge is 2.29. The summed E-state index contributed by atoms with van der Waals surface area (Å²) < 4.78 is 30.9. The standard InChI is InChI=1S/C14H21N3O4S/c1-2-22(19,20)17-11-5-3-10(4-6-11)16-14(18)13-8-7-12(9-15)21-13/h3-6,12-13,17H,2,7-9,15H2,1H3,(H,16,18)/t12-,13+/m1/s1. The van der Waals surface area contributed by atoms with Crippen LogP contribution in [0.1, 0.15) is 19.8 Å². The maximum Gasteiger partial charge on any atom is 0.253 e. The summed E-state index contributed by atoms with van der Waals surface area (Å²) in [5.41, 5.74) is 6.56. The van der Waals surface area contributed by atoms with Gasteiger partial charge in [0.2, 0.25) is 10.0 Å². The summed E-state index contributed by atoms with van der Waals surface area (Å²) in [6, 6.07) is 6.48. The zero-order chi connectivity index (χ0) is 16.2. The number of benzene rings is 1. The quantitative estimate of drug-likeness (QED) is 0.719. The highest BCUT2D eigenvalue weighted by Crippen LogP contribution is 2.21. The van der Waals surface area contributed by atoms with Gasteiger partial charge >= 0.3 is 0 Å². The van der Waals surface area contributed by atoms with Gasteiger partial charge in [0.25, 0.3) is 5.91 Å². The molecule has 0 saturated carbocycles. The van der Waals surface area contributed by atoms with Gasteiger partial charge in [-0.3, -0.25) is 9.52 Å². The Kier molecular flexibility index (Phi) is 5.38. The van der Waals surface area contributed by atoms with Gasteiger partial charge in [-0.25, -0.2) is 8.42 Å². The molecule has 0 spiro atoms. The van der Waals surface area contributed by atoms with Crippen LogP contribution >= 0.6 is 0 Å². The Balaban J connectivity index is 1.93. The largest absolute Gasteiger partial charge is 0.364 e.